The van der Waals surface area contributed by atoms with Crippen LogP contribution in [0.3, 0.4) is 0 Å². The van der Waals surface area contributed by atoms with Gasteiger partial charge in [0.15, 0.2) is 0 Å². The molecule has 118 valence electrons. The van der Waals surface area contributed by atoms with Gasteiger partial charge in [-0.15, -0.1) is 0 Å². The summed E-state index contributed by atoms with van der Waals surface area (Å²) < 4.78 is 24.8. The molecule has 0 amide bonds. The van der Waals surface area contributed by atoms with Crippen molar-refractivity contribution >= 4 is 11.6 Å². The molecule has 3 nitrogen and oxygen atoms in total. The predicted molar refractivity (Wildman–Crippen MR) is 82.5 cm³/mol. The molecule has 1 heterocycles. The van der Waals surface area contributed by atoms with Crippen LogP contribution in [-0.4, -0.2) is 31.9 Å². The lowest BCUT2D eigenvalue weighted by atomic mass is 10.2. The van der Waals surface area contributed by atoms with Crippen molar-refractivity contribution in [1.29, 1.82) is 0 Å². The van der Waals surface area contributed by atoms with E-state index < -0.39 is 5.82 Å². The molecule has 0 aromatic heterocycles. The first kappa shape index (κ1) is 16.5. The maximum atomic E-state index is 13.3. The van der Waals surface area contributed by atoms with Crippen LogP contribution in [-0.2, 0) is 4.74 Å². The molecule has 2 unspecified atom stereocenters. The molecule has 1 N–H and O–H groups in total. The lowest BCUT2D eigenvalue weighted by molar-refractivity contribution is 0.0183. The molecule has 1 aromatic rings. The van der Waals surface area contributed by atoms with E-state index in [1.807, 2.05) is 0 Å². The van der Waals surface area contributed by atoms with Gasteiger partial charge in [0.2, 0.25) is 0 Å². The fourth-order valence-electron chi connectivity index (χ4n) is 2.34. The summed E-state index contributed by atoms with van der Waals surface area (Å²) in [5.74, 6) is 0.671. The third-order valence-corrected chi connectivity index (χ3v) is 3.75. The van der Waals surface area contributed by atoms with E-state index in [2.05, 4.69) is 19.2 Å². The smallest absolute Gasteiger partial charge is 0.145 e. The molecule has 0 aliphatic carbocycles. The van der Waals surface area contributed by atoms with Crippen LogP contribution in [0.5, 0.6) is 5.75 Å². The Morgan fingerprint density at radius 1 is 1.38 bits per heavy atom. The number of benzene rings is 1. The van der Waals surface area contributed by atoms with Gasteiger partial charge in [-0.25, -0.2) is 4.39 Å². The lowest BCUT2D eigenvalue weighted by Gasteiger charge is -2.16. The molecule has 5 heteroatoms. The largest absolute Gasteiger partial charge is 0.491 e. The minimum atomic E-state index is -0.461. The summed E-state index contributed by atoms with van der Waals surface area (Å²) in [6, 6.07) is 4.47. The highest BCUT2D eigenvalue weighted by molar-refractivity contribution is 6.30. The minimum Gasteiger partial charge on any atom is -0.491 e. The zero-order valence-electron chi connectivity index (χ0n) is 12.6. The van der Waals surface area contributed by atoms with E-state index in [-0.39, 0.29) is 17.2 Å². The normalized spacial score (nSPS) is 22.0. The minimum absolute atomic E-state index is 0.0783. The summed E-state index contributed by atoms with van der Waals surface area (Å²) in [7, 11) is 0. The first-order valence-electron chi connectivity index (χ1n) is 7.48. The van der Waals surface area contributed by atoms with E-state index >= 15 is 0 Å². The van der Waals surface area contributed by atoms with Gasteiger partial charge >= 0.3 is 0 Å². The molecular weight excluding hydrogens is 293 g/mol. The van der Waals surface area contributed by atoms with Crippen molar-refractivity contribution in [2.45, 2.75) is 38.9 Å². The van der Waals surface area contributed by atoms with Crippen molar-refractivity contribution in [3.8, 4) is 5.75 Å². The highest BCUT2D eigenvalue weighted by Gasteiger charge is 2.25. The first-order chi connectivity index (χ1) is 10.0. The van der Waals surface area contributed by atoms with Gasteiger partial charge in [-0.2, -0.15) is 0 Å². The number of halogens is 2. The predicted octanol–water partition coefficient (Wildman–Crippen LogP) is 3.65. The average molecular weight is 316 g/mol. The van der Waals surface area contributed by atoms with Crippen LogP contribution in [0.2, 0.25) is 5.02 Å². The molecular formula is C16H23ClFNO2. The summed E-state index contributed by atoms with van der Waals surface area (Å²) in [6.07, 6.45) is 2.34. The van der Waals surface area contributed by atoms with Crippen molar-refractivity contribution in [3.05, 3.63) is 29.0 Å². The van der Waals surface area contributed by atoms with Crippen LogP contribution in [0.1, 0.15) is 26.7 Å². The van der Waals surface area contributed by atoms with E-state index in [9.17, 15) is 4.39 Å². The molecule has 1 aliphatic rings. The second-order valence-electron chi connectivity index (χ2n) is 5.90. The Kier molecular flexibility index (Phi) is 6.27. The molecule has 2 rings (SSSR count). The second-order valence-corrected chi connectivity index (χ2v) is 6.30. The Labute approximate surface area is 130 Å². The van der Waals surface area contributed by atoms with Gasteiger partial charge in [0, 0.05) is 12.6 Å². The zero-order valence-corrected chi connectivity index (χ0v) is 13.3. The van der Waals surface area contributed by atoms with Crippen LogP contribution in [0.25, 0.3) is 0 Å². The molecule has 0 bridgehead atoms. The molecule has 0 radical (unpaired) electrons. The van der Waals surface area contributed by atoms with Crippen molar-refractivity contribution in [1.82, 2.24) is 5.32 Å². The summed E-state index contributed by atoms with van der Waals surface area (Å²) in [5.41, 5.74) is 0. The molecule has 1 aromatic carbocycles. The van der Waals surface area contributed by atoms with E-state index in [0.717, 1.165) is 25.9 Å². The molecule has 2 atom stereocenters. The fourth-order valence-corrected chi connectivity index (χ4v) is 2.46. The van der Waals surface area contributed by atoms with Crippen molar-refractivity contribution in [2.75, 3.05) is 19.7 Å². The molecule has 1 saturated heterocycles. The monoisotopic (exact) mass is 315 g/mol. The fraction of sp³-hybridized carbons (Fsp3) is 0.625. The van der Waals surface area contributed by atoms with E-state index in [4.69, 9.17) is 21.1 Å². The SMILES string of the molecule is CC(C)CNCC1CCC(COc2ccc(Cl)c(F)c2)O1. The molecule has 21 heavy (non-hydrogen) atoms. The Morgan fingerprint density at radius 2 is 2.14 bits per heavy atom. The Bertz CT molecular complexity index is 456. The second kappa shape index (κ2) is 7.97. The Morgan fingerprint density at radius 3 is 2.86 bits per heavy atom. The highest BCUT2D eigenvalue weighted by Crippen LogP contribution is 2.23. The third kappa shape index (κ3) is 5.46. The van der Waals surface area contributed by atoms with Crippen molar-refractivity contribution in [2.24, 2.45) is 5.92 Å². The van der Waals surface area contributed by atoms with Crippen LogP contribution in [0, 0.1) is 11.7 Å². The molecule has 1 aliphatic heterocycles. The maximum Gasteiger partial charge on any atom is 0.145 e. The number of ether oxygens (including phenoxy) is 2. The quantitative estimate of drug-likeness (QED) is 0.833. The standard InChI is InChI=1S/C16H23ClFNO2/c1-11(2)8-19-9-13-3-4-14(21-13)10-20-12-5-6-15(17)16(18)7-12/h5-7,11,13-14,19H,3-4,8-10H2,1-2H3. The van der Waals surface area contributed by atoms with Crippen LogP contribution >= 0.6 is 11.6 Å². The van der Waals surface area contributed by atoms with Crippen LogP contribution in [0.4, 0.5) is 4.39 Å². The topological polar surface area (TPSA) is 30.5 Å². The average Bonchev–Trinajstić information content (AvgIpc) is 2.88. The van der Waals surface area contributed by atoms with E-state index in [0.29, 0.717) is 18.3 Å². The number of hydrogen-bond acceptors (Lipinski definition) is 3. The van der Waals surface area contributed by atoms with Gasteiger partial charge in [0.25, 0.3) is 0 Å². The van der Waals surface area contributed by atoms with Gasteiger partial charge in [-0.05, 0) is 37.4 Å². The van der Waals surface area contributed by atoms with Crippen LogP contribution < -0.4 is 10.1 Å². The molecule has 0 spiro atoms. The Hall–Kier alpha value is -0.840. The zero-order chi connectivity index (χ0) is 15.2. The van der Waals surface area contributed by atoms with Crippen molar-refractivity contribution < 1.29 is 13.9 Å². The van der Waals surface area contributed by atoms with E-state index in [1.165, 1.54) is 12.1 Å². The van der Waals surface area contributed by atoms with Gasteiger partial charge < -0.3 is 14.8 Å². The van der Waals surface area contributed by atoms with E-state index in [1.54, 1.807) is 6.07 Å². The lowest BCUT2D eigenvalue weighted by Crippen LogP contribution is -2.30. The molecule has 1 fully saturated rings. The van der Waals surface area contributed by atoms with Gasteiger partial charge in [0.1, 0.15) is 18.2 Å². The summed E-state index contributed by atoms with van der Waals surface area (Å²) >= 11 is 5.64. The van der Waals surface area contributed by atoms with Crippen molar-refractivity contribution in [3.63, 3.8) is 0 Å². The summed E-state index contributed by atoms with van der Waals surface area (Å²) in [6.45, 7) is 6.70. The maximum absolute atomic E-state index is 13.3. The van der Waals surface area contributed by atoms with Crippen LogP contribution in [0.15, 0.2) is 18.2 Å². The van der Waals surface area contributed by atoms with Gasteiger partial charge in [-0.3, -0.25) is 0 Å². The number of nitrogens with one attached hydrogen (secondary N) is 1. The van der Waals surface area contributed by atoms with Gasteiger partial charge in [0.05, 0.1) is 17.2 Å². The summed E-state index contributed by atoms with van der Waals surface area (Å²) in [4.78, 5) is 0. The number of rotatable bonds is 7. The molecule has 0 saturated carbocycles. The summed E-state index contributed by atoms with van der Waals surface area (Å²) in [5, 5.41) is 3.51. The first-order valence-corrected chi connectivity index (χ1v) is 7.86. The Balaban J connectivity index is 1.69. The number of hydrogen-bond donors (Lipinski definition) is 1. The van der Waals surface area contributed by atoms with Gasteiger partial charge in [-0.1, -0.05) is 25.4 Å². The highest BCUT2D eigenvalue weighted by atomic mass is 35.5. The third-order valence-electron chi connectivity index (χ3n) is 3.45.